The highest BCUT2D eigenvalue weighted by Crippen LogP contribution is 2.29. The molecular weight excluding hydrogens is 245 g/mol. The Hall–Kier alpha value is -1.14. The van der Waals surface area contributed by atoms with Gasteiger partial charge in [0.05, 0.1) is 17.2 Å². The van der Waals surface area contributed by atoms with Gasteiger partial charge in [0.25, 0.3) is 0 Å². The Balaban J connectivity index is 2.09. The van der Waals surface area contributed by atoms with Crippen molar-refractivity contribution in [3.63, 3.8) is 0 Å². The Labute approximate surface area is 99.5 Å². The second-order valence-corrected chi connectivity index (χ2v) is 6.13. The zero-order chi connectivity index (χ0) is 12.5. The lowest BCUT2D eigenvalue weighted by Crippen LogP contribution is -2.13. The van der Waals surface area contributed by atoms with E-state index in [-0.39, 0.29) is 10.6 Å². The number of hydrogen-bond donors (Lipinski definition) is 1. The fraction of sp³-hybridized carbons (Fsp3) is 0.455. The Kier molecular flexibility index (Phi) is 3.35. The van der Waals surface area contributed by atoms with Crippen molar-refractivity contribution in [3.8, 4) is 0 Å². The van der Waals surface area contributed by atoms with E-state index in [1.54, 1.807) is 0 Å². The van der Waals surface area contributed by atoms with Gasteiger partial charge in [-0.05, 0) is 37.0 Å². The minimum atomic E-state index is -3.67. The van der Waals surface area contributed by atoms with Gasteiger partial charge < -0.3 is 10.5 Å². The summed E-state index contributed by atoms with van der Waals surface area (Å²) in [5.74, 6) is -0.591. The Morgan fingerprint density at radius 2 is 2.12 bits per heavy atom. The third kappa shape index (κ3) is 3.17. The molecule has 0 aliphatic heterocycles. The van der Waals surface area contributed by atoms with E-state index in [1.807, 2.05) is 0 Å². The number of halogens is 1. The molecule has 2 N–H and O–H groups in total. The molecule has 94 valence electrons. The predicted molar refractivity (Wildman–Crippen MR) is 61.5 cm³/mol. The number of anilines is 1. The smallest absolute Gasteiger partial charge is 0.204 e. The quantitative estimate of drug-likeness (QED) is 0.815. The maximum absolute atomic E-state index is 13.0. The average Bonchev–Trinajstić information content (AvgIpc) is 3.05. The van der Waals surface area contributed by atoms with E-state index in [4.69, 9.17) is 10.5 Å². The van der Waals surface area contributed by atoms with Crippen molar-refractivity contribution < 1.29 is 17.5 Å². The monoisotopic (exact) mass is 259 g/mol. The van der Waals surface area contributed by atoms with Gasteiger partial charge in [-0.3, -0.25) is 0 Å². The van der Waals surface area contributed by atoms with E-state index in [0.717, 1.165) is 25.0 Å². The van der Waals surface area contributed by atoms with Crippen molar-refractivity contribution in [2.75, 3.05) is 18.3 Å². The summed E-state index contributed by atoms with van der Waals surface area (Å²) in [4.78, 5) is -0.201. The van der Waals surface area contributed by atoms with Crippen LogP contribution in [0.4, 0.5) is 10.1 Å². The van der Waals surface area contributed by atoms with Crippen LogP contribution in [0.2, 0.25) is 0 Å². The molecule has 1 aliphatic rings. The molecule has 1 saturated carbocycles. The highest BCUT2D eigenvalue weighted by molar-refractivity contribution is 7.91. The second-order valence-electron chi connectivity index (χ2n) is 4.23. The van der Waals surface area contributed by atoms with Crippen LogP contribution in [0.3, 0.4) is 0 Å². The van der Waals surface area contributed by atoms with Crippen molar-refractivity contribution in [1.82, 2.24) is 0 Å². The third-order valence-corrected chi connectivity index (χ3v) is 4.10. The minimum absolute atomic E-state index is 0.0430. The van der Waals surface area contributed by atoms with Gasteiger partial charge in [-0.25, -0.2) is 12.8 Å². The summed E-state index contributed by atoms with van der Waals surface area (Å²) in [6.07, 6.45) is 2.17. The van der Waals surface area contributed by atoms with E-state index in [1.165, 1.54) is 6.07 Å². The molecule has 4 nitrogen and oxygen atoms in total. The first kappa shape index (κ1) is 12.3. The van der Waals surface area contributed by atoms with Crippen LogP contribution in [0.15, 0.2) is 23.1 Å². The van der Waals surface area contributed by atoms with Crippen molar-refractivity contribution in [3.05, 3.63) is 24.0 Å². The van der Waals surface area contributed by atoms with Gasteiger partial charge in [0, 0.05) is 0 Å². The van der Waals surface area contributed by atoms with Gasteiger partial charge in [-0.15, -0.1) is 0 Å². The highest BCUT2D eigenvalue weighted by Gasteiger charge is 2.24. The number of benzene rings is 1. The van der Waals surface area contributed by atoms with Crippen LogP contribution in [-0.4, -0.2) is 21.0 Å². The Bertz CT molecular complexity index is 511. The van der Waals surface area contributed by atoms with Crippen LogP contribution in [0.25, 0.3) is 0 Å². The van der Waals surface area contributed by atoms with E-state index in [0.29, 0.717) is 12.5 Å². The molecule has 1 aliphatic carbocycles. The number of rotatable bonds is 5. The summed E-state index contributed by atoms with van der Waals surface area (Å²) in [5.41, 5.74) is 5.56. The summed E-state index contributed by atoms with van der Waals surface area (Å²) >= 11 is 0. The van der Waals surface area contributed by atoms with E-state index in [2.05, 4.69) is 0 Å². The molecular formula is C11H14FNO3S. The first-order valence-corrected chi connectivity index (χ1v) is 7.00. The molecule has 0 radical (unpaired) electrons. The molecule has 0 saturated heterocycles. The van der Waals surface area contributed by atoms with Gasteiger partial charge in [0.2, 0.25) is 9.84 Å². The number of ether oxygens (including phenoxy) is 1. The van der Waals surface area contributed by atoms with Crippen molar-refractivity contribution in [2.45, 2.75) is 17.7 Å². The standard InChI is InChI=1S/C11H14FNO3S/c12-9-3-4-10(13)11(5-9)17(14,15)7-16-6-8-1-2-8/h3-5,8H,1-2,6-7,13H2. The Morgan fingerprint density at radius 1 is 1.41 bits per heavy atom. The number of nitrogens with two attached hydrogens (primary N) is 1. The number of sulfone groups is 1. The third-order valence-electron chi connectivity index (χ3n) is 2.60. The van der Waals surface area contributed by atoms with Crippen molar-refractivity contribution in [2.24, 2.45) is 5.92 Å². The molecule has 0 atom stereocenters. The normalized spacial score (nSPS) is 16.1. The molecule has 1 aromatic rings. The van der Waals surface area contributed by atoms with Crippen LogP contribution in [0.5, 0.6) is 0 Å². The fourth-order valence-electron chi connectivity index (χ4n) is 1.45. The molecule has 0 bridgehead atoms. The minimum Gasteiger partial charge on any atom is -0.398 e. The fourth-order valence-corrected chi connectivity index (χ4v) is 2.61. The van der Waals surface area contributed by atoms with Crippen molar-refractivity contribution in [1.29, 1.82) is 0 Å². The average molecular weight is 259 g/mol. The van der Waals surface area contributed by atoms with E-state index in [9.17, 15) is 12.8 Å². The van der Waals surface area contributed by atoms with Crippen LogP contribution in [-0.2, 0) is 14.6 Å². The van der Waals surface area contributed by atoms with Crippen LogP contribution in [0, 0.1) is 11.7 Å². The molecule has 17 heavy (non-hydrogen) atoms. The van der Waals surface area contributed by atoms with Gasteiger partial charge in [0.1, 0.15) is 5.82 Å². The van der Waals surface area contributed by atoms with Gasteiger partial charge in [0.15, 0.2) is 5.94 Å². The van der Waals surface area contributed by atoms with Gasteiger partial charge >= 0.3 is 0 Å². The molecule has 2 rings (SSSR count). The Morgan fingerprint density at radius 3 is 2.76 bits per heavy atom. The van der Waals surface area contributed by atoms with Crippen LogP contribution >= 0.6 is 0 Å². The SMILES string of the molecule is Nc1ccc(F)cc1S(=O)(=O)COCC1CC1. The summed E-state index contributed by atoms with van der Waals surface area (Å²) in [6.45, 7) is 0.439. The largest absolute Gasteiger partial charge is 0.398 e. The van der Waals surface area contributed by atoms with Gasteiger partial charge in [-0.1, -0.05) is 0 Å². The molecule has 6 heteroatoms. The van der Waals surface area contributed by atoms with Crippen LogP contribution in [0.1, 0.15) is 12.8 Å². The van der Waals surface area contributed by atoms with E-state index < -0.39 is 21.6 Å². The maximum Gasteiger partial charge on any atom is 0.204 e. The van der Waals surface area contributed by atoms with Crippen molar-refractivity contribution >= 4 is 15.5 Å². The second kappa shape index (κ2) is 4.62. The van der Waals surface area contributed by atoms with Gasteiger partial charge in [-0.2, -0.15) is 0 Å². The maximum atomic E-state index is 13.0. The summed E-state index contributed by atoms with van der Waals surface area (Å²) in [7, 11) is -3.67. The lowest BCUT2D eigenvalue weighted by Gasteiger charge is -2.08. The zero-order valence-electron chi connectivity index (χ0n) is 9.23. The molecule has 0 aromatic heterocycles. The highest BCUT2D eigenvalue weighted by atomic mass is 32.2. The molecule has 1 aromatic carbocycles. The predicted octanol–water partition coefficient (Wildman–Crippen LogP) is 1.57. The summed E-state index contributed by atoms with van der Waals surface area (Å²) in [5, 5.41) is 0. The molecule has 0 spiro atoms. The first-order valence-electron chi connectivity index (χ1n) is 5.34. The summed E-state index contributed by atoms with van der Waals surface area (Å²) < 4.78 is 41.8. The van der Waals surface area contributed by atoms with Crippen LogP contribution < -0.4 is 5.73 Å². The summed E-state index contributed by atoms with van der Waals surface area (Å²) in [6, 6.07) is 3.29. The molecule has 1 fully saturated rings. The first-order chi connectivity index (χ1) is 7.99. The lowest BCUT2D eigenvalue weighted by molar-refractivity contribution is 0.165. The topological polar surface area (TPSA) is 69.4 Å². The van der Waals surface area contributed by atoms with E-state index >= 15 is 0 Å². The molecule has 0 amide bonds. The number of nitrogen functional groups attached to an aromatic ring is 1. The number of hydrogen-bond acceptors (Lipinski definition) is 4. The zero-order valence-corrected chi connectivity index (χ0v) is 10.0. The molecule has 0 unspecified atom stereocenters. The molecule has 0 heterocycles. The lowest BCUT2D eigenvalue weighted by atomic mass is 10.3.